The Bertz CT molecular complexity index is 287. The van der Waals surface area contributed by atoms with Crippen LogP contribution >= 0.6 is 0 Å². The molecule has 0 bridgehead atoms. The summed E-state index contributed by atoms with van der Waals surface area (Å²) in [5.41, 5.74) is 0. The van der Waals surface area contributed by atoms with Crippen LogP contribution in [0.2, 0.25) is 0 Å². The lowest BCUT2D eigenvalue weighted by molar-refractivity contribution is -0.156. The number of imide groups is 1. The largest absolute Gasteiger partial charge is 0.480 e. The van der Waals surface area contributed by atoms with Crippen LogP contribution in [-0.4, -0.2) is 45.5 Å². The quantitative estimate of drug-likeness (QED) is 0.561. The summed E-state index contributed by atoms with van der Waals surface area (Å²) in [6, 6.07) is -1.44. The Morgan fingerprint density at radius 2 is 2.21 bits per heavy atom. The fourth-order valence-corrected chi connectivity index (χ4v) is 1.41. The Morgan fingerprint density at radius 1 is 1.64 bits per heavy atom. The van der Waals surface area contributed by atoms with Crippen LogP contribution in [0.15, 0.2) is 0 Å². The second kappa shape index (κ2) is 3.75. The molecule has 0 aromatic rings. The summed E-state index contributed by atoms with van der Waals surface area (Å²) < 4.78 is 0. The zero-order valence-corrected chi connectivity index (χ0v) is 7.64. The molecule has 0 aliphatic carbocycles. The van der Waals surface area contributed by atoms with Crippen LogP contribution in [0.25, 0.3) is 0 Å². The van der Waals surface area contributed by atoms with Gasteiger partial charge in [-0.2, -0.15) is 0 Å². The second-order valence-electron chi connectivity index (χ2n) is 3.24. The van der Waals surface area contributed by atoms with E-state index >= 15 is 0 Å². The topological polar surface area (TPSA) is 94.9 Å². The lowest BCUT2D eigenvalue weighted by Crippen LogP contribution is -2.47. The van der Waals surface area contributed by atoms with E-state index in [1.807, 2.05) is 0 Å². The molecule has 0 radical (unpaired) electrons. The van der Waals surface area contributed by atoms with Crippen molar-refractivity contribution < 1.29 is 24.6 Å². The SMILES string of the molecule is CC1CC(=O)N(C(CO)C(=O)O)C1=O. The number of amides is 2. The number of rotatable bonds is 3. The number of hydrogen-bond donors (Lipinski definition) is 2. The number of aliphatic hydroxyl groups excluding tert-OH is 1. The highest BCUT2D eigenvalue weighted by Gasteiger charge is 2.42. The smallest absolute Gasteiger partial charge is 0.329 e. The third kappa shape index (κ3) is 1.60. The molecule has 0 saturated carbocycles. The third-order valence-corrected chi connectivity index (χ3v) is 2.18. The zero-order chi connectivity index (χ0) is 10.9. The molecule has 6 nitrogen and oxygen atoms in total. The Morgan fingerprint density at radius 3 is 2.50 bits per heavy atom. The molecule has 1 saturated heterocycles. The first-order valence-electron chi connectivity index (χ1n) is 4.18. The monoisotopic (exact) mass is 201 g/mol. The maximum absolute atomic E-state index is 11.4. The molecule has 1 heterocycles. The highest BCUT2D eigenvalue weighted by atomic mass is 16.4. The predicted molar refractivity (Wildman–Crippen MR) is 44.1 cm³/mol. The van der Waals surface area contributed by atoms with Gasteiger partial charge < -0.3 is 10.2 Å². The van der Waals surface area contributed by atoms with Crippen LogP contribution in [0.1, 0.15) is 13.3 Å². The Labute approximate surface area is 80.1 Å². The molecule has 78 valence electrons. The van der Waals surface area contributed by atoms with Crippen molar-refractivity contribution in [1.82, 2.24) is 4.90 Å². The summed E-state index contributed by atoms with van der Waals surface area (Å²) >= 11 is 0. The first-order valence-corrected chi connectivity index (χ1v) is 4.18. The number of nitrogens with zero attached hydrogens (tertiary/aromatic N) is 1. The molecule has 2 amide bonds. The molecular weight excluding hydrogens is 190 g/mol. The van der Waals surface area contributed by atoms with Gasteiger partial charge in [-0.3, -0.25) is 14.5 Å². The molecule has 1 aliphatic rings. The van der Waals surface area contributed by atoms with E-state index in [1.165, 1.54) is 0 Å². The third-order valence-electron chi connectivity index (χ3n) is 2.18. The van der Waals surface area contributed by atoms with E-state index in [2.05, 4.69) is 0 Å². The van der Waals surface area contributed by atoms with Gasteiger partial charge in [0, 0.05) is 12.3 Å². The van der Waals surface area contributed by atoms with Gasteiger partial charge >= 0.3 is 5.97 Å². The summed E-state index contributed by atoms with van der Waals surface area (Å²) in [6.45, 7) is 0.802. The standard InChI is InChI=1S/C8H11NO5/c1-4-2-6(11)9(7(4)12)5(3-10)8(13)14/h4-5,10H,2-3H2,1H3,(H,13,14). The van der Waals surface area contributed by atoms with Crippen LogP contribution in [0.5, 0.6) is 0 Å². The lowest BCUT2D eigenvalue weighted by Gasteiger charge is -2.20. The van der Waals surface area contributed by atoms with Gasteiger partial charge in [0.15, 0.2) is 6.04 Å². The van der Waals surface area contributed by atoms with Crippen molar-refractivity contribution in [3.8, 4) is 0 Å². The van der Waals surface area contributed by atoms with Gasteiger partial charge in [-0.05, 0) is 0 Å². The molecule has 14 heavy (non-hydrogen) atoms. The molecule has 0 spiro atoms. The highest BCUT2D eigenvalue weighted by molar-refractivity contribution is 6.06. The van der Waals surface area contributed by atoms with Gasteiger partial charge in [0.1, 0.15) is 0 Å². The molecule has 1 fully saturated rings. The fourth-order valence-electron chi connectivity index (χ4n) is 1.41. The molecule has 2 unspecified atom stereocenters. The van der Waals surface area contributed by atoms with E-state index < -0.39 is 36.4 Å². The van der Waals surface area contributed by atoms with Gasteiger partial charge in [-0.1, -0.05) is 6.92 Å². The van der Waals surface area contributed by atoms with E-state index in [0.29, 0.717) is 4.90 Å². The zero-order valence-electron chi connectivity index (χ0n) is 7.64. The number of aliphatic carboxylic acids is 1. The molecule has 0 aromatic carbocycles. The minimum Gasteiger partial charge on any atom is -0.480 e. The van der Waals surface area contributed by atoms with Crippen LogP contribution in [0.4, 0.5) is 0 Å². The van der Waals surface area contributed by atoms with Gasteiger partial charge in [0.2, 0.25) is 11.8 Å². The van der Waals surface area contributed by atoms with Crippen LogP contribution in [0.3, 0.4) is 0 Å². The van der Waals surface area contributed by atoms with Crippen molar-refractivity contribution in [3.63, 3.8) is 0 Å². The normalized spacial score (nSPS) is 24.1. The number of hydrogen-bond acceptors (Lipinski definition) is 4. The summed E-state index contributed by atoms with van der Waals surface area (Å²) in [7, 11) is 0. The van der Waals surface area contributed by atoms with E-state index in [0.717, 1.165) is 0 Å². The fraction of sp³-hybridized carbons (Fsp3) is 0.625. The van der Waals surface area contributed by atoms with Crippen LogP contribution in [0, 0.1) is 5.92 Å². The van der Waals surface area contributed by atoms with Gasteiger partial charge in [0.05, 0.1) is 6.61 Å². The average molecular weight is 201 g/mol. The maximum Gasteiger partial charge on any atom is 0.329 e. The first kappa shape index (κ1) is 10.6. The maximum atomic E-state index is 11.4. The number of likely N-dealkylation sites (tertiary alicyclic amines) is 1. The van der Waals surface area contributed by atoms with Crippen LogP contribution < -0.4 is 0 Å². The molecule has 1 aliphatic heterocycles. The molecular formula is C8H11NO5. The van der Waals surface area contributed by atoms with Gasteiger partial charge in [-0.15, -0.1) is 0 Å². The number of aliphatic hydroxyl groups is 1. The van der Waals surface area contributed by atoms with Gasteiger partial charge in [0.25, 0.3) is 0 Å². The summed E-state index contributed by atoms with van der Waals surface area (Å²) in [5, 5.41) is 17.4. The van der Waals surface area contributed by atoms with Crippen molar-refractivity contribution in [1.29, 1.82) is 0 Å². The number of carboxylic acid groups (broad SMARTS) is 1. The van der Waals surface area contributed by atoms with Crippen molar-refractivity contribution in [2.45, 2.75) is 19.4 Å². The predicted octanol–water partition coefficient (Wildman–Crippen LogP) is -1.17. The Balaban J connectivity index is 2.90. The summed E-state index contributed by atoms with van der Waals surface area (Å²) in [5.74, 6) is -2.93. The first-order chi connectivity index (χ1) is 6.49. The Kier molecular flexibility index (Phi) is 2.85. The minimum absolute atomic E-state index is 0.0165. The minimum atomic E-state index is -1.44. The second-order valence-corrected chi connectivity index (χ2v) is 3.24. The van der Waals surface area contributed by atoms with Crippen molar-refractivity contribution in [2.24, 2.45) is 5.92 Å². The van der Waals surface area contributed by atoms with Crippen molar-refractivity contribution in [2.75, 3.05) is 6.61 Å². The molecule has 0 aromatic heterocycles. The molecule has 2 N–H and O–H groups in total. The van der Waals surface area contributed by atoms with E-state index in [9.17, 15) is 14.4 Å². The van der Waals surface area contributed by atoms with Crippen molar-refractivity contribution in [3.05, 3.63) is 0 Å². The van der Waals surface area contributed by atoms with E-state index in [1.54, 1.807) is 6.92 Å². The van der Waals surface area contributed by atoms with E-state index in [-0.39, 0.29) is 6.42 Å². The van der Waals surface area contributed by atoms with E-state index in [4.69, 9.17) is 10.2 Å². The Hall–Kier alpha value is -1.43. The highest BCUT2D eigenvalue weighted by Crippen LogP contribution is 2.21. The van der Waals surface area contributed by atoms with Crippen LogP contribution in [-0.2, 0) is 14.4 Å². The number of carbonyl (C=O) groups excluding carboxylic acids is 2. The molecule has 6 heteroatoms. The van der Waals surface area contributed by atoms with Crippen molar-refractivity contribution >= 4 is 17.8 Å². The number of carboxylic acids is 1. The van der Waals surface area contributed by atoms with Gasteiger partial charge in [-0.25, -0.2) is 4.79 Å². The molecule has 1 rings (SSSR count). The lowest BCUT2D eigenvalue weighted by atomic mass is 10.1. The summed E-state index contributed by atoms with van der Waals surface area (Å²) in [4.78, 5) is 33.8. The number of carbonyl (C=O) groups is 3. The average Bonchev–Trinajstić information content (AvgIpc) is 2.32. The molecule has 2 atom stereocenters. The summed E-state index contributed by atoms with van der Waals surface area (Å²) in [6.07, 6.45) is 0.0165.